The zero-order chi connectivity index (χ0) is 14.1. The predicted molar refractivity (Wildman–Crippen MR) is 78.4 cm³/mol. The Hall–Kier alpha value is -1.65. The second-order valence-electron chi connectivity index (χ2n) is 4.95. The number of nitrogens with zero attached hydrogens (tertiary/aromatic N) is 2. The lowest BCUT2D eigenvalue weighted by atomic mass is 9.94. The normalized spacial score (nSPS) is 17.9. The van der Waals surface area contributed by atoms with E-state index in [1.54, 1.807) is 0 Å². The third kappa shape index (κ3) is 2.37. The minimum absolute atomic E-state index is 0.0491. The predicted octanol–water partition coefficient (Wildman–Crippen LogP) is 2.76. The van der Waals surface area contributed by atoms with Crippen molar-refractivity contribution >= 4 is 17.4 Å². The molecule has 0 bridgehead atoms. The lowest BCUT2D eigenvalue weighted by Crippen LogP contribution is -2.45. The van der Waals surface area contributed by atoms with Gasteiger partial charge in [0.25, 0.3) is 0 Å². The molecule has 1 aliphatic heterocycles. The summed E-state index contributed by atoms with van der Waals surface area (Å²) in [5.41, 5.74) is 8.31. The molecule has 5 heteroatoms. The van der Waals surface area contributed by atoms with E-state index in [-0.39, 0.29) is 6.04 Å². The topological polar surface area (TPSA) is 42.1 Å². The van der Waals surface area contributed by atoms with Crippen LogP contribution in [0.5, 0.6) is 0 Å². The van der Waals surface area contributed by atoms with E-state index in [0.29, 0.717) is 23.9 Å². The first kappa shape index (κ1) is 13.3. The quantitative estimate of drug-likeness (QED) is 0.925. The Morgan fingerprint density at radius 3 is 2.80 bits per heavy atom. The average molecular weight is 292 g/mol. The van der Waals surface area contributed by atoms with Gasteiger partial charge in [0.1, 0.15) is 0 Å². The lowest BCUT2D eigenvalue weighted by molar-refractivity contribution is 0.532. The van der Waals surface area contributed by atoms with Gasteiger partial charge in [-0.15, -0.1) is 0 Å². The smallest absolute Gasteiger partial charge is 0.167 e. The first-order valence-corrected chi connectivity index (χ1v) is 6.91. The van der Waals surface area contributed by atoms with E-state index in [4.69, 9.17) is 17.3 Å². The van der Waals surface area contributed by atoms with Gasteiger partial charge >= 0.3 is 0 Å². The third-order valence-electron chi connectivity index (χ3n) is 3.69. The van der Waals surface area contributed by atoms with E-state index >= 15 is 0 Å². The molecule has 3 nitrogen and oxygen atoms in total. The largest absolute Gasteiger partial charge is 0.345 e. The van der Waals surface area contributed by atoms with Crippen LogP contribution in [0.3, 0.4) is 0 Å². The van der Waals surface area contributed by atoms with Gasteiger partial charge in [-0.25, -0.2) is 9.37 Å². The number of halogens is 2. The summed E-state index contributed by atoms with van der Waals surface area (Å²) in [6.07, 6.45) is 2.27. The van der Waals surface area contributed by atoms with E-state index in [1.807, 2.05) is 17.0 Å². The summed E-state index contributed by atoms with van der Waals surface area (Å²) in [4.78, 5) is 6.06. The molecule has 0 amide bonds. The molecular weight excluding hydrogens is 277 g/mol. The van der Waals surface area contributed by atoms with Crippen LogP contribution in [0.4, 0.5) is 10.2 Å². The molecule has 104 valence electrons. The summed E-state index contributed by atoms with van der Waals surface area (Å²) in [7, 11) is 0. The van der Waals surface area contributed by atoms with E-state index < -0.39 is 5.82 Å². The minimum Gasteiger partial charge on any atom is -0.345 e. The zero-order valence-electron chi connectivity index (χ0n) is 10.9. The fraction of sp³-hybridized carbons (Fsp3) is 0.267. The maximum Gasteiger partial charge on any atom is 0.167 e. The van der Waals surface area contributed by atoms with Crippen molar-refractivity contribution in [3.63, 3.8) is 0 Å². The fourth-order valence-electron chi connectivity index (χ4n) is 2.66. The Labute approximate surface area is 122 Å². The summed E-state index contributed by atoms with van der Waals surface area (Å²) >= 11 is 5.76. The number of anilines is 1. The molecule has 1 aromatic carbocycles. The van der Waals surface area contributed by atoms with E-state index in [9.17, 15) is 4.39 Å². The van der Waals surface area contributed by atoms with Gasteiger partial charge in [0.15, 0.2) is 11.6 Å². The highest BCUT2D eigenvalue weighted by Crippen LogP contribution is 2.29. The molecule has 3 rings (SSSR count). The molecule has 20 heavy (non-hydrogen) atoms. The van der Waals surface area contributed by atoms with Crippen LogP contribution in [0, 0.1) is 5.82 Å². The molecule has 2 heterocycles. The Kier molecular flexibility index (Phi) is 3.59. The molecule has 2 N–H and O–H groups in total. The first-order valence-electron chi connectivity index (χ1n) is 6.53. The van der Waals surface area contributed by atoms with E-state index in [0.717, 1.165) is 6.42 Å². The van der Waals surface area contributed by atoms with Crippen LogP contribution in [0.1, 0.15) is 11.1 Å². The second-order valence-corrected chi connectivity index (χ2v) is 5.39. The van der Waals surface area contributed by atoms with Gasteiger partial charge in [0, 0.05) is 25.3 Å². The Morgan fingerprint density at radius 1 is 1.35 bits per heavy atom. The Balaban J connectivity index is 2.00. The summed E-state index contributed by atoms with van der Waals surface area (Å²) in [5, 5.41) is 0.299. The molecule has 1 unspecified atom stereocenters. The molecule has 0 saturated carbocycles. The third-order valence-corrected chi connectivity index (χ3v) is 3.89. The fourth-order valence-corrected chi connectivity index (χ4v) is 2.81. The van der Waals surface area contributed by atoms with Crippen molar-refractivity contribution in [3.8, 4) is 0 Å². The van der Waals surface area contributed by atoms with Crippen LogP contribution in [0.2, 0.25) is 5.02 Å². The first-order chi connectivity index (χ1) is 9.69. The van der Waals surface area contributed by atoms with Crippen LogP contribution in [0.15, 0.2) is 36.5 Å². The maximum atomic E-state index is 14.1. The summed E-state index contributed by atoms with van der Waals surface area (Å²) < 4.78 is 14.1. The number of pyridine rings is 1. The standard InChI is InChI=1S/C15H15ClFN3/c16-12-6-14(17)15(19-8-12)20-9-11-4-2-1-3-10(11)5-13(20)7-18/h1-4,6,8,13H,5,7,9,18H2. The molecule has 0 radical (unpaired) electrons. The summed E-state index contributed by atoms with van der Waals surface area (Å²) in [6, 6.07) is 9.50. The summed E-state index contributed by atoms with van der Waals surface area (Å²) in [6.45, 7) is 1.07. The van der Waals surface area contributed by atoms with Gasteiger partial charge in [-0.05, 0) is 23.6 Å². The van der Waals surface area contributed by atoms with Crippen molar-refractivity contribution in [2.45, 2.75) is 19.0 Å². The monoisotopic (exact) mass is 291 g/mol. The molecule has 1 atom stereocenters. The van der Waals surface area contributed by atoms with Crippen molar-refractivity contribution in [1.82, 2.24) is 4.98 Å². The van der Waals surface area contributed by atoms with Gasteiger partial charge in [-0.1, -0.05) is 35.9 Å². The molecule has 1 aromatic heterocycles. The molecule has 0 aliphatic carbocycles. The van der Waals surface area contributed by atoms with Crippen LogP contribution in [-0.2, 0) is 13.0 Å². The number of fused-ring (bicyclic) bond motifs is 1. The number of nitrogens with two attached hydrogens (primary N) is 1. The molecule has 1 aliphatic rings. The lowest BCUT2D eigenvalue weighted by Gasteiger charge is -2.37. The number of benzene rings is 1. The number of hydrogen-bond donors (Lipinski definition) is 1. The zero-order valence-corrected chi connectivity index (χ0v) is 11.6. The van der Waals surface area contributed by atoms with Crippen LogP contribution < -0.4 is 10.6 Å². The van der Waals surface area contributed by atoms with Gasteiger partial charge in [-0.2, -0.15) is 0 Å². The van der Waals surface area contributed by atoms with Crippen LogP contribution in [-0.4, -0.2) is 17.6 Å². The maximum absolute atomic E-state index is 14.1. The van der Waals surface area contributed by atoms with Crippen molar-refractivity contribution in [2.24, 2.45) is 5.73 Å². The highest BCUT2D eigenvalue weighted by molar-refractivity contribution is 6.30. The highest BCUT2D eigenvalue weighted by atomic mass is 35.5. The SMILES string of the molecule is NCC1Cc2ccccc2CN1c1ncc(Cl)cc1F. The number of aromatic nitrogens is 1. The van der Waals surface area contributed by atoms with Crippen molar-refractivity contribution < 1.29 is 4.39 Å². The second kappa shape index (κ2) is 5.38. The van der Waals surface area contributed by atoms with Crippen LogP contribution in [0.25, 0.3) is 0 Å². The number of rotatable bonds is 2. The van der Waals surface area contributed by atoms with Crippen molar-refractivity contribution in [2.75, 3.05) is 11.4 Å². The number of hydrogen-bond acceptors (Lipinski definition) is 3. The van der Waals surface area contributed by atoms with Gasteiger partial charge in [0.2, 0.25) is 0 Å². The van der Waals surface area contributed by atoms with Gasteiger partial charge in [0.05, 0.1) is 5.02 Å². The Bertz CT molecular complexity index is 632. The van der Waals surface area contributed by atoms with Crippen molar-refractivity contribution in [1.29, 1.82) is 0 Å². The minimum atomic E-state index is -0.407. The molecular formula is C15H15ClFN3. The van der Waals surface area contributed by atoms with Crippen molar-refractivity contribution in [3.05, 3.63) is 58.5 Å². The molecule has 0 fully saturated rings. The van der Waals surface area contributed by atoms with Crippen LogP contribution >= 0.6 is 11.6 Å². The van der Waals surface area contributed by atoms with Gasteiger partial charge in [-0.3, -0.25) is 0 Å². The average Bonchev–Trinajstić information content (AvgIpc) is 2.46. The summed E-state index contributed by atoms with van der Waals surface area (Å²) in [5.74, 6) is -0.0883. The van der Waals surface area contributed by atoms with E-state index in [1.165, 1.54) is 23.4 Å². The molecule has 2 aromatic rings. The molecule has 0 saturated heterocycles. The Morgan fingerprint density at radius 2 is 2.10 bits per heavy atom. The van der Waals surface area contributed by atoms with E-state index in [2.05, 4.69) is 17.1 Å². The molecule has 0 spiro atoms. The van der Waals surface area contributed by atoms with Gasteiger partial charge < -0.3 is 10.6 Å². The highest BCUT2D eigenvalue weighted by Gasteiger charge is 2.27.